The van der Waals surface area contributed by atoms with E-state index in [0.29, 0.717) is 6.54 Å². The second-order valence-electron chi connectivity index (χ2n) is 7.05. The fourth-order valence-electron chi connectivity index (χ4n) is 3.66. The van der Waals surface area contributed by atoms with E-state index in [-0.39, 0.29) is 23.9 Å². The van der Waals surface area contributed by atoms with Gasteiger partial charge in [0, 0.05) is 25.4 Å². The minimum atomic E-state index is -0.493. The molecule has 3 heterocycles. The Morgan fingerprint density at radius 1 is 1.33 bits per heavy atom. The summed E-state index contributed by atoms with van der Waals surface area (Å²) in [5.41, 5.74) is 2.33. The molecule has 8 nitrogen and oxygen atoms in total. The van der Waals surface area contributed by atoms with Crippen molar-refractivity contribution in [3.05, 3.63) is 62.2 Å². The van der Waals surface area contributed by atoms with Gasteiger partial charge in [-0.3, -0.25) is 14.2 Å². The van der Waals surface area contributed by atoms with Gasteiger partial charge in [-0.25, -0.2) is 9.78 Å². The van der Waals surface area contributed by atoms with Crippen molar-refractivity contribution in [2.75, 3.05) is 6.54 Å². The largest absolute Gasteiger partial charge is 0.340 e. The van der Waals surface area contributed by atoms with Crippen LogP contribution in [0.3, 0.4) is 0 Å². The Morgan fingerprint density at radius 2 is 2.15 bits per heavy atom. The number of benzene rings is 1. The Morgan fingerprint density at radius 3 is 2.96 bits per heavy atom. The van der Waals surface area contributed by atoms with Crippen molar-refractivity contribution in [2.24, 2.45) is 7.05 Å². The fraction of sp³-hybridized carbons (Fsp3) is 0.368. The van der Waals surface area contributed by atoms with Crippen LogP contribution in [0.15, 0.2) is 34.0 Å². The number of hydrogen-bond donors (Lipinski definition) is 2. The number of amides is 1. The molecule has 4 rings (SSSR count). The average Bonchev–Trinajstić information content (AvgIpc) is 3.28. The number of nitrogens with zero attached hydrogens (tertiary/aromatic N) is 3. The molecule has 0 bridgehead atoms. The first kappa shape index (κ1) is 17.3. The summed E-state index contributed by atoms with van der Waals surface area (Å²) in [6.07, 6.45) is 3.00. The predicted octanol–water partition coefficient (Wildman–Crippen LogP) is 1.16. The van der Waals surface area contributed by atoms with Gasteiger partial charge < -0.3 is 14.9 Å². The third-order valence-corrected chi connectivity index (χ3v) is 5.14. The molecule has 0 saturated carbocycles. The standard InChI is InChI=1S/C19H21N5O3/c1-11-5-6-13-14(8-11)22-17(21-13)15-4-3-7-24(15)16(25)9-12-10-20-19(27)23(2)18(12)26/h5-6,8,10,15H,3-4,7,9H2,1-2H3,(H,20,27)(H,21,22)/t15-/m0/s1. The van der Waals surface area contributed by atoms with Crippen LogP contribution in [0.5, 0.6) is 0 Å². The van der Waals surface area contributed by atoms with Crippen LogP contribution in [0.1, 0.15) is 35.8 Å². The van der Waals surface area contributed by atoms with Crippen molar-refractivity contribution < 1.29 is 4.79 Å². The number of nitrogens with one attached hydrogen (secondary N) is 2. The summed E-state index contributed by atoms with van der Waals surface area (Å²) >= 11 is 0. The molecule has 2 N–H and O–H groups in total. The van der Waals surface area contributed by atoms with E-state index in [4.69, 9.17) is 0 Å². The minimum absolute atomic E-state index is 0.0424. The number of aromatic amines is 2. The van der Waals surface area contributed by atoms with Gasteiger partial charge in [-0.1, -0.05) is 6.07 Å². The average molecular weight is 367 g/mol. The van der Waals surface area contributed by atoms with Crippen LogP contribution in [-0.2, 0) is 18.3 Å². The fourth-order valence-corrected chi connectivity index (χ4v) is 3.66. The van der Waals surface area contributed by atoms with E-state index in [9.17, 15) is 14.4 Å². The molecule has 1 aromatic carbocycles. The minimum Gasteiger partial charge on any atom is -0.340 e. The number of rotatable bonds is 3. The van der Waals surface area contributed by atoms with Gasteiger partial charge in [0.1, 0.15) is 5.82 Å². The quantitative estimate of drug-likeness (QED) is 0.725. The van der Waals surface area contributed by atoms with Crippen molar-refractivity contribution in [3.8, 4) is 0 Å². The van der Waals surface area contributed by atoms with Crippen molar-refractivity contribution in [1.29, 1.82) is 0 Å². The molecule has 1 aliphatic heterocycles. The molecule has 27 heavy (non-hydrogen) atoms. The second kappa shape index (κ2) is 6.53. The summed E-state index contributed by atoms with van der Waals surface area (Å²) in [5.74, 6) is 0.633. The van der Waals surface area contributed by atoms with Crippen LogP contribution >= 0.6 is 0 Å². The third kappa shape index (κ3) is 3.07. The lowest BCUT2D eigenvalue weighted by atomic mass is 10.1. The molecule has 0 radical (unpaired) electrons. The van der Waals surface area contributed by atoms with Gasteiger partial charge in [-0.05, 0) is 37.5 Å². The van der Waals surface area contributed by atoms with E-state index >= 15 is 0 Å². The molecule has 0 unspecified atom stereocenters. The Labute approximate surface area is 154 Å². The highest BCUT2D eigenvalue weighted by Crippen LogP contribution is 2.31. The molecule has 8 heteroatoms. The Hall–Kier alpha value is -3.16. The second-order valence-corrected chi connectivity index (χ2v) is 7.05. The summed E-state index contributed by atoms with van der Waals surface area (Å²) < 4.78 is 0.978. The van der Waals surface area contributed by atoms with Gasteiger partial charge in [0.25, 0.3) is 5.56 Å². The molecule has 1 atom stereocenters. The van der Waals surface area contributed by atoms with Gasteiger partial charge in [0.15, 0.2) is 0 Å². The predicted molar refractivity (Wildman–Crippen MR) is 101 cm³/mol. The maximum Gasteiger partial charge on any atom is 0.328 e. The number of hydrogen-bond acceptors (Lipinski definition) is 4. The molecule has 3 aromatic rings. The highest BCUT2D eigenvalue weighted by Gasteiger charge is 2.32. The highest BCUT2D eigenvalue weighted by molar-refractivity contribution is 5.80. The summed E-state index contributed by atoms with van der Waals surface area (Å²) in [5, 5.41) is 0. The molecule has 1 fully saturated rings. The van der Waals surface area contributed by atoms with Gasteiger partial charge in [-0.2, -0.15) is 0 Å². The normalized spacial score (nSPS) is 17.0. The lowest BCUT2D eigenvalue weighted by molar-refractivity contribution is -0.131. The molecular formula is C19H21N5O3. The lowest BCUT2D eigenvalue weighted by Gasteiger charge is -2.23. The summed E-state index contributed by atoms with van der Waals surface area (Å²) in [4.78, 5) is 48.8. The van der Waals surface area contributed by atoms with Gasteiger partial charge in [0.05, 0.1) is 23.5 Å². The maximum absolute atomic E-state index is 12.9. The SMILES string of the molecule is Cc1ccc2nc([C@@H]3CCCN3C(=O)Cc3c[nH]c(=O)n(C)c3=O)[nH]c2c1. The molecule has 0 aliphatic carbocycles. The van der Waals surface area contributed by atoms with Gasteiger partial charge in [-0.15, -0.1) is 0 Å². The van der Waals surface area contributed by atoms with E-state index in [0.717, 1.165) is 39.8 Å². The van der Waals surface area contributed by atoms with Crippen molar-refractivity contribution in [2.45, 2.75) is 32.2 Å². The van der Waals surface area contributed by atoms with Crippen LogP contribution in [0, 0.1) is 6.92 Å². The van der Waals surface area contributed by atoms with Crippen LogP contribution in [-0.4, -0.2) is 36.9 Å². The van der Waals surface area contributed by atoms with E-state index in [2.05, 4.69) is 15.0 Å². The number of fused-ring (bicyclic) bond motifs is 1. The molecule has 1 amide bonds. The summed E-state index contributed by atoms with van der Waals surface area (Å²) in [7, 11) is 1.39. The zero-order valence-corrected chi connectivity index (χ0v) is 15.3. The summed E-state index contributed by atoms with van der Waals surface area (Å²) in [6, 6.07) is 5.89. The first-order valence-electron chi connectivity index (χ1n) is 8.97. The number of carbonyl (C=O) groups is 1. The van der Waals surface area contributed by atoms with E-state index in [1.807, 2.05) is 25.1 Å². The smallest absolute Gasteiger partial charge is 0.328 e. The molecule has 1 aliphatic rings. The van der Waals surface area contributed by atoms with E-state index < -0.39 is 11.2 Å². The van der Waals surface area contributed by atoms with E-state index in [1.165, 1.54) is 13.2 Å². The van der Waals surface area contributed by atoms with Gasteiger partial charge >= 0.3 is 5.69 Å². The Balaban J connectivity index is 1.60. The maximum atomic E-state index is 12.9. The van der Waals surface area contributed by atoms with Crippen molar-refractivity contribution in [1.82, 2.24) is 24.4 Å². The van der Waals surface area contributed by atoms with Crippen LogP contribution in [0.2, 0.25) is 0 Å². The molecule has 2 aromatic heterocycles. The first-order valence-corrected chi connectivity index (χ1v) is 8.97. The zero-order chi connectivity index (χ0) is 19.1. The van der Waals surface area contributed by atoms with Crippen LogP contribution in [0.25, 0.3) is 11.0 Å². The molecule has 140 valence electrons. The number of likely N-dealkylation sites (tertiary alicyclic amines) is 1. The first-order chi connectivity index (χ1) is 12.9. The molecular weight excluding hydrogens is 346 g/mol. The number of aryl methyl sites for hydroxylation is 1. The number of imidazole rings is 1. The molecule has 1 saturated heterocycles. The topological polar surface area (TPSA) is 104 Å². The lowest BCUT2D eigenvalue weighted by Crippen LogP contribution is -2.38. The van der Waals surface area contributed by atoms with Crippen molar-refractivity contribution >= 4 is 16.9 Å². The van der Waals surface area contributed by atoms with Crippen molar-refractivity contribution in [3.63, 3.8) is 0 Å². The number of aromatic nitrogens is 4. The Kier molecular flexibility index (Phi) is 4.18. The van der Waals surface area contributed by atoms with Crippen LogP contribution < -0.4 is 11.2 Å². The number of carbonyl (C=O) groups excluding carboxylic acids is 1. The Bertz CT molecular complexity index is 1140. The highest BCUT2D eigenvalue weighted by atomic mass is 16.2. The third-order valence-electron chi connectivity index (χ3n) is 5.14. The summed E-state index contributed by atoms with van der Waals surface area (Å²) in [6.45, 7) is 2.65. The molecule has 0 spiro atoms. The number of H-pyrrole nitrogens is 2. The monoisotopic (exact) mass is 367 g/mol. The van der Waals surface area contributed by atoms with Crippen LogP contribution in [0.4, 0.5) is 0 Å². The van der Waals surface area contributed by atoms with E-state index in [1.54, 1.807) is 4.90 Å². The zero-order valence-electron chi connectivity index (χ0n) is 15.3. The van der Waals surface area contributed by atoms with Gasteiger partial charge in [0.2, 0.25) is 5.91 Å².